The zero-order chi connectivity index (χ0) is 20.4. The molecule has 0 aliphatic carbocycles. The second-order valence-corrected chi connectivity index (χ2v) is 9.26. The van der Waals surface area contributed by atoms with Gasteiger partial charge in [0.1, 0.15) is 12.0 Å². The van der Waals surface area contributed by atoms with Gasteiger partial charge in [-0.1, -0.05) is 47.5 Å². The molecule has 0 fully saturated rings. The number of likely N-dealkylation sites (N-methyl/N-ethyl adjacent to an activating group) is 1. The summed E-state index contributed by atoms with van der Waals surface area (Å²) in [5.41, 5.74) is 3.22. The number of phenols is 1. The van der Waals surface area contributed by atoms with Gasteiger partial charge in [-0.15, -0.1) is 6.42 Å². The van der Waals surface area contributed by atoms with Crippen molar-refractivity contribution in [2.45, 2.75) is 58.8 Å². The lowest BCUT2D eigenvalue weighted by atomic mass is 9.78. The van der Waals surface area contributed by atoms with E-state index in [9.17, 15) is 5.11 Å². The average molecular weight is 369 g/mol. The van der Waals surface area contributed by atoms with Crippen LogP contribution in [0.1, 0.15) is 58.4 Å². The molecular weight excluding hydrogens is 336 g/mol. The Labute approximate surface area is 163 Å². The van der Waals surface area contributed by atoms with Gasteiger partial charge in [-0.2, -0.15) is 0 Å². The van der Waals surface area contributed by atoms with Crippen LogP contribution in [0, 0.1) is 12.3 Å². The van der Waals surface area contributed by atoms with Crippen molar-refractivity contribution < 1.29 is 9.52 Å². The molecule has 0 saturated carbocycles. The fourth-order valence-corrected chi connectivity index (χ4v) is 3.00. The van der Waals surface area contributed by atoms with Crippen LogP contribution in [0.25, 0.3) is 11.5 Å². The molecule has 2 aromatic rings. The molecule has 0 bridgehead atoms. The van der Waals surface area contributed by atoms with Gasteiger partial charge in [-0.05, 0) is 30.0 Å². The lowest BCUT2D eigenvalue weighted by Gasteiger charge is -2.27. The van der Waals surface area contributed by atoms with E-state index in [1.165, 1.54) is 0 Å². The molecule has 0 atom stereocenters. The Balaban J connectivity index is 2.40. The molecule has 4 heteroatoms. The maximum absolute atomic E-state index is 10.9. The Hall–Kier alpha value is -2.25. The molecule has 0 spiro atoms. The Morgan fingerprint density at radius 1 is 1.11 bits per heavy atom. The summed E-state index contributed by atoms with van der Waals surface area (Å²) in [4.78, 5) is 6.74. The van der Waals surface area contributed by atoms with Gasteiger partial charge < -0.3 is 9.52 Å². The largest absolute Gasteiger partial charge is 0.507 e. The second kappa shape index (κ2) is 7.78. The first kappa shape index (κ1) is 21.1. The first-order valence-corrected chi connectivity index (χ1v) is 9.38. The quantitative estimate of drug-likeness (QED) is 0.774. The summed E-state index contributed by atoms with van der Waals surface area (Å²) in [6, 6.07) is 3.98. The standard InChI is InChI=1S/C23H32N2O2/c1-9-11-25(8)12-10-17-15-27-21(24-17)16-13-18(22(2,3)4)20(26)19(14-16)23(5,6)7/h1,13-15,26H,10-12H2,2-8H3. The average Bonchev–Trinajstić information content (AvgIpc) is 3.00. The predicted octanol–water partition coefficient (Wildman–Crippen LogP) is 4.75. The van der Waals surface area contributed by atoms with E-state index in [2.05, 4.69) is 57.3 Å². The molecule has 2 rings (SSSR count). The molecule has 0 unspecified atom stereocenters. The third-order valence-electron chi connectivity index (χ3n) is 4.64. The van der Waals surface area contributed by atoms with Crippen molar-refractivity contribution in [2.75, 3.05) is 20.1 Å². The van der Waals surface area contributed by atoms with Crippen LogP contribution in [0.4, 0.5) is 0 Å². The van der Waals surface area contributed by atoms with Gasteiger partial charge in [0.2, 0.25) is 5.89 Å². The molecule has 0 aliphatic heterocycles. The van der Waals surface area contributed by atoms with Gasteiger partial charge in [0.05, 0.1) is 12.2 Å². The number of phenolic OH excluding ortho intramolecular Hbond substituents is 1. The van der Waals surface area contributed by atoms with Crippen molar-refractivity contribution >= 4 is 0 Å². The van der Waals surface area contributed by atoms with E-state index in [1.807, 2.05) is 19.2 Å². The lowest BCUT2D eigenvalue weighted by molar-refractivity contribution is 0.379. The second-order valence-electron chi connectivity index (χ2n) is 9.26. The Morgan fingerprint density at radius 2 is 1.67 bits per heavy atom. The Kier molecular flexibility index (Phi) is 6.07. The van der Waals surface area contributed by atoms with Crippen LogP contribution in [0.3, 0.4) is 0 Å². The van der Waals surface area contributed by atoms with E-state index < -0.39 is 0 Å². The third-order valence-corrected chi connectivity index (χ3v) is 4.64. The van der Waals surface area contributed by atoms with Crippen LogP contribution in [-0.2, 0) is 17.3 Å². The molecule has 1 aromatic heterocycles. The first-order valence-electron chi connectivity index (χ1n) is 9.38. The van der Waals surface area contributed by atoms with E-state index in [1.54, 1.807) is 6.26 Å². The zero-order valence-corrected chi connectivity index (χ0v) is 17.7. The molecule has 4 nitrogen and oxygen atoms in total. The van der Waals surface area contributed by atoms with Crippen molar-refractivity contribution in [3.8, 4) is 29.5 Å². The van der Waals surface area contributed by atoms with Gasteiger partial charge in [0, 0.05) is 29.7 Å². The minimum atomic E-state index is -0.187. The van der Waals surface area contributed by atoms with Gasteiger partial charge in [0.25, 0.3) is 0 Å². The van der Waals surface area contributed by atoms with E-state index in [-0.39, 0.29) is 10.8 Å². The molecular formula is C23H32N2O2. The van der Waals surface area contributed by atoms with E-state index in [4.69, 9.17) is 10.8 Å². The maximum Gasteiger partial charge on any atom is 0.226 e. The molecule has 0 aliphatic rings. The topological polar surface area (TPSA) is 49.5 Å². The molecule has 1 aromatic carbocycles. The highest BCUT2D eigenvalue weighted by molar-refractivity contribution is 5.63. The smallest absolute Gasteiger partial charge is 0.226 e. The first-order chi connectivity index (χ1) is 12.4. The van der Waals surface area contributed by atoms with Gasteiger partial charge >= 0.3 is 0 Å². The number of aromatic nitrogens is 1. The highest BCUT2D eigenvalue weighted by Gasteiger charge is 2.27. The molecule has 146 valence electrons. The van der Waals surface area contributed by atoms with E-state index in [0.717, 1.165) is 35.3 Å². The van der Waals surface area contributed by atoms with Gasteiger partial charge in [-0.3, -0.25) is 4.90 Å². The van der Waals surface area contributed by atoms with Crippen molar-refractivity contribution in [3.05, 3.63) is 35.2 Å². The monoisotopic (exact) mass is 368 g/mol. The molecule has 27 heavy (non-hydrogen) atoms. The number of rotatable bonds is 5. The fraction of sp³-hybridized carbons (Fsp3) is 0.522. The minimum Gasteiger partial charge on any atom is -0.507 e. The normalized spacial score (nSPS) is 12.4. The fourth-order valence-electron chi connectivity index (χ4n) is 3.00. The molecule has 0 saturated heterocycles. The minimum absolute atomic E-state index is 0.187. The van der Waals surface area contributed by atoms with Crippen LogP contribution in [-0.4, -0.2) is 35.1 Å². The number of aromatic hydroxyl groups is 1. The van der Waals surface area contributed by atoms with Gasteiger partial charge in [-0.25, -0.2) is 4.98 Å². The summed E-state index contributed by atoms with van der Waals surface area (Å²) in [5, 5.41) is 10.9. The SMILES string of the molecule is C#CCN(C)CCc1coc(-c2cc(C(C)(C)C)c(O)c(C(C)(C)C)c2)n1. The molecule has 1 N–H and O–H groups in total. The number of hydrogen-bond acceptors (Lipinski definition) is 4. The maximum atomic E-state index is 10.9. The Morgan fingerprint density at radius 3 is 2.15 bits per heavy atom. The van der Waals surface area contributed by atoms with Crippen LogP contribution in [0.15, 0.2) is 22.8 Å². The van der Waals surface area contributed by atoms with Crippen LogP contribution in [0.5, 0.6) is 5.75 Å². The number of hydrogen-bond donors (Lipinski definition) is 1. The van der Waals surface area contributed by atoms with Crippen molar-refractivity contribution in [1.29, 1.82) is 0 Å². The summed E-state index contributed by atoms with van der Waals surface area (Å²) < 4.78 is 5.77. The summed E-state index contributed by atoms with van der Waals surface area (Å²) in [5.74, 6) is 3.59. The summed E-state index contributed by atoms with van der Waals surface area (Å²) >= 11 is 0. The van der Waals surface area contributed by atoms with Crippen molar-refractivity contribution in [3.63, 3.8) is 0 Å². The summed E-state index contributed by atoms with van der Waals surface area (Å²) in [6.07, 6.45) is 7.83. The van der Waals surface area contributed by atoms with Crippen LogP contribution in [0.2, 0.25) is 0 Å². The van der Waals surface area contributed by atoms with Crippen molar-refractivity contribution in [2.24, 2.45) is 0 Å². The predicted molar refractivity (Wildman–Crippen MR) is 111 cm³/mol. The van der Waals surface area contributed by atoms with E-state index >= 15 is 0 Å². The highest BCUT2D eigenvalue weighted by atomic mass is 16.3. The van der Waals surface area contributed by atoms with Crippen LogP contribution < -0.4 is 0 Å². The zero-order valence-electron chi connectivity index (χ0n) is 17.7. The highest BCUT2D eigenvalue weighted by Crippen LogP contribution is 2.41. The Bertz CT molecular complexity index is 794. The summed E-state index contributed by atoms with van der Waals surface area (Å²) in [6.45, 7) is 14.0. The summed E-state index contributed by atoms with van der Waals surface area (Å²) in [7, 11) is 1.99. The number of nitrogens with zero attached hydrogens (tertiary/aromatic N) is 2. The molecule has 1 heterocycles. The molecule has 0 amide bonds. The molecule has 0 radical (unpaired) electrons. The van der Waals surface area contributed by atoms with Gasteiger partial charge in [0.15, 0.2) is 0 Å². The lowest BCUT2D eigenvalue weighted by Crippen LogP contribution is -2.21. The third kappa shape index (κ3) is 5.14. The number of oxazole rings is 1. The van der Waals surface area contributed by atoms with Crippen molar-refractivity contribution in [1.82, 2.24) is 9.88 Å². The number of benzene rings is 1. The van der Waals surface area contributed by atoms with E-state index in [0.29, 0.717) is 18.2 Å². The number of terminal acetylenes is 1. The van der Waals surface area contributed by atoms with Crippen LogP contribution >= 0.6 is 0 Å².